The van der Waals surface area contributed by atoms with Gasteiger partial charge in [0, 0.05) is 23.9 Å². The van der Waals surface area contributed by atoms with Crippen LogP contribution < -0.4 is 5.43 Å². The van der Waals surface area contributed by atoms with Crippen molar-refractivity contribution < 1.29 is 0 Å². The molecule has 0 saturated heterocycles. The molecule has 2 N–H and O–H groups in total. The first-order valence-electron chi connectivity index (χ1n) is 9.06. The molecule has 5 heteroatoms. The average molecular weight is 339 g/mol. The van der Waals surface area contributed by atoms with Crippen molar-refractivity contribution in [2.24, 2.45) is 10.1 Å². The smallest absolute Gasteiger partial charge is 0.0772 e. The third-order valence-electron chi connectivity index (χ3n) is 4.03. The van der Waals surface area contributed by atoms with E-state index in [-0.39, 0.29) is 0 Å². The van der Waals surface area contributed by atoms with E-state index in [0.29, 0.717) is 12.5 Å². The highest BCUT2D eigenvalue weighted by Gasteiger charge is 2.17. The molecule has 0 fully saturated rings. The van der Waals surface area contributed by atoms with Crippen molar-refractivity contribution in [1.82, 2.24) is 15.6 Å². The molecule has 0 aromatic carbocycles. The van der Waals surface area contributed by atoms with Gasteiger partial charge < -0.3 is 5.43 Å². The lowest BCUT2D eigenvalue weighted by molar-refractivity contribution is 0.808. The molecule has 0 aliphatic carbocycles. The Balaban J connectivity index is 2.52. The van der Waals surface area contributed by atoms with Crippen LogP contribution in [0.3, 0.4) is 0 Å². The Morgan fingerprint density at radius 2 is 2.24 bits per heavy atom. The maximum absolute atomic E-state index is 5.03. The van der Waals surface area contributed by atoms with Gasteiger partial charge in [0.25, 0.3) is 0 Å². The number of H-pyrrole nitrogens is 1. The summed E-state index contributed by atoms with van der Waals surface area (Å²) < 4.78 is 0. The summed E-state index contributed by atoms with van der Waals surface area (Å²) in [6, 6.07) is 0. The molecular formula is C20H29N5. The van der Waals surface area contributed by atoms with E-state index in [4.69, 9.17) is 4.99 Å². The minimum absolute atomic E-state index is 0.365. The molecule has 0 bridgehead atoms. The first kappa shape index (κ1) is 18.9. The maximum atomic E-state index is 5.03. The fourth-order valence-electron chi connectivity index (χ4n) is 2.75. The number of nitrogens with one attached hydrogen (secondary N) is 2. The van der Waals surface area contributed by atoms with Gasteiger partial charge >= 0.3 is 0 Å². The van der Waals surface area contributed by atoms with Crippen LogP contribution >= 0.6 is 0 Å². The predicted octanol–water partition coefficient (Wildman–Crippen LogP) is 4.49. The fourth-order valence-corrected chi connectivity index (χ4v) is 2.75. The molecule has 1 aromatic rings. The van der Waals surface area contributed by atoms with Crippen molar-refractivity contribution in [3.63, 3.8) is 0 Å². The largest absolute Gasteiger partial charge is 0.307 e. The number of aromatic amines is 1. The van der Waals surface area contributed by atoms with Crippen LogP contribution in [0.15, 0.2) is 51.9 Å². The second-order valence-corrected chi connectivity index (χ2v) is 6.32. The van der Waals surface area contributed by atoms with Gasteiger partial charge in [0.1, 0.15) is 0 Å². The Hall–Kier alpha value is -2.43. The molecule has 0 unspecified atom stereocenters. The van der Waals surface area contributed by atoms with Crippen LogP contribution in [0.5, 0.6) is 0 Å². The first-order chi connectivity index (χ1) is 12.2. The normalized spacial score (nSPS) is 20.9. The van der Waals surface area contributed by atoms with Crippen molar-refractivity contribution in [2.45, 2.75) is 52.9 Å². The van der Waals surface area contributed by atoms with E-state index in [9.17, 15) is 0 Å². The Labute approximate surface area is 150 Å². The van der Waals surface area contributed by atoms with Crippen molar-refractivity contribution in [3.8, 4) is 0 Å². The molecule has 2 rings (SSSR count). The second kappa shape index (κ2) is 9.77. The van der Waals surface area contributed by atoms with Crippen molar-refractivity contribution in [3.05, 3.63) is 53.0 Å². The number of aromatic nitrogens is 2. The summed E-state index contributed by atoms with van der Waals surface area (Å²) in [5.74, 6) is 0.365. The molecule has 25 heavy (non-hydrogen) atoms. The van der Waals surface area contributed by atoms with Crippen LogP contribution in [0.4, 0.5) is 0 Å². The van der Waals surface area contributed by atoms with E-state index in [1.807, 2.05) is 18.5 Å². The molecule has 1 aromatic heterocycles. The van der Waals surface area contributed by atoms with E-state index in [0.717, 1.165) is 41.9 Å². The number of hydrazone groups is 1. The number of hydrogen-bond acceptors (Lipinski definition) is 4. The third kappa shape index (κ3) is 5.28. The van der Waals surface area contributed by atoms with Gasteiger partial charge in [-0.25, -0.2) is 4.99 Å². The zero-order valence-corrected chi connectivity index (χ0v) is 15.7. The Morgan fingerprint density at radius 1 is 1.40 bits per heavy atom. The van der Waals surface area contributed by atoms with E-state index in [1.54, 1.807) is 0 Å². The zero-order valence-electron chi connectivity index (χ0n) is 15.7. The minimum Gasteiger partial charge on any atom is -0.307 e. The quantitative estimate of drug-likeness (QED) is 0.750. The summed E-state index contributed by atoms with van der Waals surface area (Å²) in [7, 11) is 0. The molecule has 0 amide bonds. The van der Waals surface area contributed by atoms with Gasteiger partial charge in [0.05, 0.1) is 24.2 Å². The number of aliphatic imine (C=N–C) groups is 1. The number of hydrogen-bond donors (Lipinski definition) is 2. The van der Waals surface area contributed by atoms with Gasteiger partial charge in [0.2, 0.25) is 0 Å². The van der Waals surface area contributed by atoms with Crippen LogP contribution in [0.25, 0.3) is 0 Å². The molecule has 2 heterocycles. The van der Waals surface area contributed by atoms with Crippen molar-refractivity contribution in [2.75, 3.05) is 6.54 Å². The molecule has 0 spiro atoms. The van der Waals surface area contributed by atoms with E-state index >= 15 is 0 Å². The fraction of sp³-hybridized carbons (Fsp3) is 0.450. The standard InChI is InChI=1S/C20H29N5/c1-5-9-16(6-2)20(18-14-23-25-19(18)15(3)4)24-17-10-7-12-21-22-13-8-11-17/h6-7,10-11,13-15,21H,5,8-9,12H2,1-4H3,(H,23,25)/b10-7-,16-6+,17-11+,22-13-,24-20-. The van der Waals surface area contributed by atoms with Gasteiger partial charge in [-0.2, -0.15) is 10.2 Å². The summed E-state index contributed by atoms with van der Waals surface area (Å²) >= 11 is 0. The summed E-state index contributed by atoms with van der Waals surface area (Å²) in [6.07, 6.45) is 15.0. The lowest BCUT2D eigenvalue weighted by atomic mass is 9.95. The molecule has 1 aliphatic heterocycles. The van der Waals surface area contributed by atoms with Crippen LogP contribution in [-0.4, -0.2) is 28.7 Å². The SMILES string of the molecule is C/C=C(CCC)/C(=N/C1=C/C/C=N\NC/C=C\1)c1cn[nH]c1C(C)C. The minimum atomic E-state index is 0.365. The lowest BCUT2D eigenvalue weighted by Crippen LogP contribution is -2.09. The molecule has 134 valence electrons. The topological polar surface area (TPSA) is 65.4 Å². The Kier molecular flexibility index (Phi) is 7.38. The predicted molar refractivity (Wildman–Crippen MR) is 106 cm³/mol. The number of allylic oxidation sites excluding steroid dienone is 4. The highest BCUT2D eigenvalue weighted by Crippen LogP contribution is 2.23. The van der Waals surface area contributed by atoms with Crippen LogP contribution in [0.1, 0.15) is 64.1 Å². The maximum Gasteiger partial charge on any atom is 0.0772 e. The van der Waals surface area contributed by atoms with E-state index in [2.05, 4.69) is 66.6 Å². The van der Waals surface area contributed by atoms with Crippen LogP contribution in [-0.2, 0) is 0 Å². The van der Waals surface area contributed by atoms with E-state index < -0.39 is 0 Å². The number of nitrogens with zero attached hydrogens (tertiary/aromatic N) is 3. The van der Waals surface area contributed by atoms with Crippen molar-refractivity contribution in [1.29, 1.82) is 0 Å². The van der Waals surface area contributed by atoms with Gasteiger partial charge in [-0.15, -0.1) is 0 Å². The third-order valence-corrected chi connectivity index (χ3v) is 4.03. The second-order valence-electron chi connectivity index (χ2n) is 6.32. The summed E-state index contributed by atoms with van der Waals surface area (Å²) in [4.78, 5) is 5.03. The Bertz CT molecular complexity index is 701. The van der Waals surface area contributed by atoms with Crippen molar-refractivity contribution >= 4 is 11.9 Å². The van der Waals surface area contributed by atoms with Gasteiger partial charge in [-0.05, 0) is 30.9 Å². The molecule has 0 saturated carbocycles. The Morgan fingerprint density at radius 3 is 2.96 bits per heavy atom. The van der Waals surface area contributed by atoms with Gasteiger partial charge in [0.15, 0.2) is 0 Å². The van der Waals surface area contributed by atoms with Gasteiger partial charge in [-0.3, -0.25) is 5.10 Å². The molecular weight excluding hydrogens is 310 g/mol. The summed E-state index contributed by atoms with van der Waals surface area (Å²) in [5.41, 5.74) is 8.43. The molecule has 1 aliphatic rings. The van der Waals surface area contributed by atoms with Crippen LogP contribution in [0.2, 0.25) is 0 Å². The first-order valence-corrected chi connectivity index (χ1v) is 9.06. The monoisotopic (exact) mass is 339 g/mol. The van der Waals surface area contributed by atoms with Gasteiger partial charge in [-0.1, -0.05) is 45.4 Å². The molecule has 0 atom stereocenters. The zero-order chi connectivity index (χ0) is 18.1. The average Bonchev–Trinajstić information content (AvgIpc) is 3.12. The highest BCUT2D eigenvalue weighted by atomic mass is 15.3. The van der Waals surface area contributed by atoms with Crippen LogP contribution in [0, 0.1) is 0 Å². The summed E-state index contributed by atoms with van der Waals surface area (Å²) in [6.45, 7) is 9.32. The highest BCUT2D eigenvalue weighted by molar-refractivity contribution is 6.13. The summed E-state index contributed by atoms with van der Waals surface area (Å²) in [5, 5.41) is 11.6. The number of rotatable bonds is 6. The lowest BCUT2D eigenvalue weighted by Gasteiger charge is -2.13. The molecule has 0 radical (unpaired) electrons. The van der Waals surface area contributed by atoms with E-state index in [1.165, 1.54) is 5.57 Å². The molecule has 5 nitrogen and oxygen atoms in total.